The van der Waals surface area contributed by atoms with Gasteiger partial charge in [-0.1, -0.05) is 0 Å². The highest BCUT2D eigenvalue weighted by Gasteiger charge is 2.29. The molecule has 3 aromatic rings. The van der Waals surface area contributed by atoms with Crippen LogP contribution in [0.3, 0.4) is 0 Å². The molecular weight excluding hydrogens is 414 g/mol. The van der Waals surface area contributed by atoms with Gasteiger partial charge >= 0.3 is 5.97 Å². The van der Waals surface area contributed by atoms with Crippen molar-refractivity contribution >= 4 is 17.8 Å². The SMILES string of the molecule is COc1ccc(/C=C2\Oc3cc(OC(=O)c4cccnc4)ccc3C2=O)c(OC)c1OC. The number of pyridine rings is 1. The third-order valence-electron chi connectivity index (χ3n) is 4.77. The molecule has 0 N–H and O–H groups in total. The molecule has 0 atom stereocenters. The monoisotopic (exact) mass is 433 g/mol. The van der Waals surface area contributed by atoms with E-state index < -0.39 is 5.97 Å². The second-order valence-corrected chi connectivity index (χ2v) is 6.65. The molecule has 0 amide bonds. The number of esters is 1. The summed E-state index contributed by atoms with van der Waals surface area (Å²) in [4.78, 5) is 29.0. The Morgan fingerprint density at radius 2 is 1.81 bits per heavy atom. The molecule has 2 heterocycles. The van der Waals surface area contributed by atoms with Crippen LogP contribution < -0.4 is 23.7 Å². The normalized spacial score (nSPS) is 13.3. The van der Waals surface area contributed by atoms with E-state index in [1.54, 1.807) is 42.6 Å². The van der Waals surface area contributed by atoms with Gasteiger partial charge in [0.1, 0.15) is 11.5 Å². The molecule has 0 aliphatic carbocycles. The summed E-state index contributed by atoms with van der Waals surface area (Å²) in [5.74, 6) is 1.06. The molecule has 8 nitrogen and oxygen atoms in total. The van der Waals surface area contributed by atoms with Gasteiger partial charge in [0.05, 0.1) is 32.5 Å². The summed E-state index contributed by atoms with van der Waals surface area (Å²) in [6, 6.07) is 11.3. The van der Waals surface area contributed by atoms with Crippen molar-refractivity contribution in [2.45, 2.75) is 0 Å². The van der Waals surface area contributed by atoms with Crippen LogP contribution >= 0.6 is 0 Å². The molecule has 2 aromatic carbocycles. The lowest BCUT2D eigenvalue weighted by molar-refractivity contribution is 0.0734. The van der Waals surface area contributed by atoms with Gasteiger partial charge < -0.3 is 23.7 Å². The molecule has 32 heavy (non-hydrogen) atoms. The van der Waals surface area contributed by atoms with Crippen LogP contribution in [0.25, 0.3) is 6.08 Å². The molecule has 0 saturated heterocycles. The first-order chi connectivity index (χ1) is 15.5. The Morgan fingerprint density at radius 1 is 1.00 bits per heavy atom. The average molecular weight is 433 g/mol. The number of methoxy groups -OCH3 is 3. The first-order valence-corrected chi connectivity index (χ1v) is 9.55. The number of nitrogens with zero attached hydrogens (tertiary/aromatic N) is 1. The number of aromatic nitrogens is 1. The summed E-state index contributed by atoms with van der Waals surface area (Å²) < 4.78 is 27.3. The number of ketones is 1. The van der Waals surface area contributed by atoms with Crippen molar-refractivity contribution in [1.29, 1.82) is 0 Å². The van der Waals surface area contributed by atoms with Crippen LogP contribution in [0.2, 0.25) is 0 Å². The van der Waals surface area contributed by atoms with Crippen molar-refractivity contribution in [3.63, 3.8) is 0 Å². The van der Waals surface area contributed by atoms with Crippen LogP contribution in [0.15, 0.2) is 60.6 Å². The van der Waals surface area contributed by atoms with Crippen molar-refractivity contribution < 1.29 is 33.3 Å². The van der Waals surface area contributed by atoms with E-state index in [-0.39, 0.29) is 23.0 Å². The first kappa shape index (κ1) is 20.9. The van der Waals surface area contributed by atoms with Gasteiger partial charge in [-0.15, -0.1) is 0 Å². The maximum Gasteiger partial charge on any atom is 0.345 e. The Labute approximate surface area is 184 Å². The van der Waals surface area contributed by atoms with Crippen molar-refractivity contribution in [3.05, 3.63) is 77.3 Å². The van der Waals surface area contributed by atoms with Gasteiger partial charge in [-0.2, -0.15) is 0 Å². The zero-order valence-electron chi connectivity index (χ0n) is 17.6. The van der Waals surface area contributed by atoms with Crippen LogP contribution in [-0.2, 0) is 0 Å². The second-order valence-electron chi connectivity index (χ2n) is 6.65. The quantitative estimate of drug-likeness (QED) is 0.328. The average Bonchev–Trinajstić information content (AvgIpc) is 3.13. The Bertz CT molecular complexity index is 1220. The summed E-state index contributed by atoms with van der Waals surface area (Å²) in [6.07, 6.45) is 4.53. The molecule has 0 radical (unpaired) electrons. The number of ether oxygens (including phenoxy) is 5. The molecule has 1 aliphatic heterocycles. The Hall–Kier alpha value is -4.33. The smallest absolute Gasteiger partial charge is 0.345 e. The lowest BCUT2D eigenvalue weighted by Crippen LogP contribution is -2.08. The maximum atomic E-state index is 12.8. The number of carbonyl (C=O) groups excluding carboxylic acids is 2. The van der Waals surface area contributed by atoms with Crippen molar-refractivity contribution in [2.24, 2.45) is 0 Å². The minimum atomic E-state index is -0.562. The Morgan fingerprint density at radius 3 is 2.50 bits per heavy atom. The number of allylic oxidation sites excluding steroid dienone is 1. The number of hydrogen-bond acceptors (Lipinski definition) is 8. The van der Waals surface area contributed by atoms with E-state index in [4.69, 9.17) is 23.7 Å². The fourth-order valence-corrected chi connectivity index (χ4v) is 3.26. The fraction of sp³-hybridized carbons (Fsp3) is 0.125. The number of benzene rings is 2. The first-order valence-electron chi connectivity index (χ1n) is 9.55. The minimum absolute atomic E-state index is 0.0984. The Balaban J connectivity index is 1.61. The topological polar surface area (TPSA) is 93.2 Å². The standard InChI is InChI=1S/C24H19NO7/c1-28-18-9-6-14(22(29-2)23(18)30-3)11-20-21(26)17-8-7-16(12-19(17)32-20)31-24(27)15-5-4-10-25-13-15/h4-13H,1-3H3/b20-11-. The molecule has 1 aromatic heterocycles. The second kappa shape index (κ2) is 8.81. The summed E-state index contributed by atoms with van der Waals surface area (Å²) >= 11 is 0. The predicted octanol–water partition coefficient (Wildman–Crippen LogP) is 3.94. The van der Waals surface area contributed by atoms with Crippen molar-refractivity contribution in [2.75, 3.05) is 21.3 Å². The third-order valence-corrected chi connectivity index (χ3v) is 4.77. The van der Waals surface area contributed by atoms with E-state index in [1.807, 2.05) is 0 Å². The number of carbonyl (C=O) groups is 2. The molecule has 0 unspecified atom stereocenters. The van der Waals surface area contributed by atoms with E-state index in [0.717, 1.165) is 0 Å². The zero-order chi connectivity index (χ0) is 22.7. The molecule has 0 fully saturated rings. The molecule has 0 spiro atoms. The lowest BCUT2D eigenvalue weighted by Gasteiger charge is -2.14. The largest absolute Gasteiger partial charge is 0.493 e. The third kappa shape index (κ3) is 3.85. The zero-order valence-corrected chi connectivity index (χ0v) is 17.6. The van der Waals surface area contributed by atoms with Crippen LogP contribution in [0, 0.1) is 0 Å². The molecule has 4 rings (SSSR count). The van der Waals surface area contributed by atoms with Crippen LogP contribution in [-0.4, -0.2) is 38.1 Å². The van der Waals surface area contributed by atoms with E-state index in [1.165, 1.54) is 39.7 Å². The number of hydrogen-bond donors (Lipinski definition) is 0. The number of fused-ring (bicyclic) bond motifs is 1. The van der Waals surface area contributed by atoms with E-state index in [0.29, 0.717) is 33.9 Å². The fourth-order valence-electron chi connectivity index (χ4n) is 3.26. The van der Waals surface area contributed by atoms with Gasteiger partial charge in [0.25, 0.3) is 0 Å². The highest BCUT2D eigenvalue weighted by molar-refractivity contribution is 6.14. The summed E-state index contributed by atoms with van der Waals surface area (Å²) in [7, 11) is 4.52. The van der Waals surface area contributed by atoms with Gasteiger partial charge in [-0.3, -0.25) is 9.78 Å². The van der Waals surface area contributed by atoms with Crippen LogP contribution in [0.5, 0.6) is 28.7 Å². The van der Waals surface area contributed by atoms with Gasteiger partial charge in [-0.25, -0.2) is 4.79 Å². The predicted molar refractivity (Wildman–Crippen MR) is 115 cm³/mol. The van der Waals surface area contributed by atoms with Gasteiger partial charge in [0.2, 0.25) is 11.5 Å². The van der Waals surface area contributed by atoms with Crippen molar-refractivity contribution in [3.8, 4) is 28.7 Å². The van der Waals surface area contributed by atoms with E-state index in [2.05, 4.69) is 4.98 Å². The number of Topliss-reactive ketones (excluding diaryl/α,β-unsaturated/α-hetero) is 1. The van der Waals surface area contributed by atoms with E-state index in [9.17, 15) is 9.59 Å². The number of rotatable bonds is 6. The summed E-state index contributed by atoms with van der Waals surface area (Å²) in [5, 5.41) is 0. The van der Waals surface area contributed by atoms with Gasteiger partial charge in [0.15, 0.2) is 17.3 Å². The minimum Gasteiger partial charge on any atom is -0.493 e. The maximum absolute atomic E-state index is 12.8. The molecule has 1 aliphatic rings. The highest BCUT2D eigenvalue weighted by atomic mass is 16.5. The van der Waals surface area contributed by atoms with Gasteiger partial charge in [0, 0.05) is 24.0 Å². The lowest BCUT2D eigenvalue weighted by atomic mass is 10.1. The van der Waals surface area contributed by atoms with Gasteiger partial charge in [-0.05, 0) is 42.5 Å². The van der Waals surface area contributed by atoms with Crippen molar-refractivity contribution in [1.82, 2.24) is 4.98 Å². The van der Waals surface area contributed by atoms with Crippen LogP contribution in [0.1, 0.15) is 26.3 Å². The van der Waals surface area contributed by atoms with E-state index >= 15 is 0 Å². The molecule has 162 valence electrons. The Kier molecular flexibility index (Phi) is 5.76. The highest BCUT2D eigenvalue weighted by Crippen LogP contribution is 2.42. The summed E-state index contributed by atoms with van der Waals surface area (Å²) in [6.45, 7) is 0. The molecule has 0 bridgehead atoms. The molecule has 8 heteroatoms. The van der Waals surface area contributed by atoms with Crippen LogP contribution in [0.4, 0.5) is 0 Å². The molecular formula is C24H19NO7. The summed E-state index contributed by atoms with van der Waals surface area (Å²) in [5.41, 5.74) is 1.24. The molecule has 0 saturated carbocycles.